The Labute approximate surface area is 151 Å². The molecule has 4 nitrogen and oxygen atoms in total. The van der Waals surface area contributed by atoms with Crippen molar-refractivity contribution in [3.63, 3.8) is 0 Å². The van der Waals surface area contributed by atoms with E-state index >= 15 is 0 Å². The summed E-state index contributed by atoms with van der Waals surface area (Å²) < 4.78 is 5.55. The van der Waals surface area contributed by atoms with Crippen LogP contribution in [-0.2, 0) is 9.53 Å². The fourth-order valence-corrected chi connectivity index (χ4v) is 2.90. The summed E-state index contributed by atoms with van der Waals surface area (Å²) >= 11 is 1.41. The molecule has 1 aliphatic rings. The van der Waals surface area contributed by atoms with E-state index in [1.807, 2.05) is 13.8 Å². The van der Waals surface area contributed by atoms with Crippen LogP contribution in [0.1, 0.15) is 65.7 Å². The van der Waals surface area contributed by atoms with Crippen LogP contribution in [-0.4, -0.2) is 23.9 Å². The van der Waals surface area contributed by atoms with Crippen molar-refractivity contribution in [1.82, 2.24) is 5.32 Å². The van der Waals surface area contributed by atoms with Crippen LogP contribution in [0.4, 0.5) is 0 Å². The van der Waals surface area contributed by atoms with E-state index in [4.69, 9.17) is 4.74 Å². The highest BCUT2D eigenvalue weighted by molar-refractivity contribution is 8.06. The van der Waals surface area contributed by atoms with Crippen LogP contribution in [0.5, 0.6) is 0 Å². The third-order valence-electron chi connectivity index (χ3n) is 4.22. The fraction of sp³-hybridized carbons (Fsp3) is 0.737. The van der Waals surface area contributed by atoms with Crippen LogP contribution in [0.15, 0.2) is 23.1 Å². The van der Waals surface area contributed by atoms with Gasteiger partial charge in [0.2, 0.25) is 5.91 Å². The Morgan fingerprint density at radius 1 is 1.38 bits per heavy atom. The van der Waals surface area contributed by atoms with Crippen LogP contribution >= 0.6 is 11.8 Å². The number of carbonyl (C=O) groups is 1. The number of nitrogens with one attached hydrogen (secondary N) is 1. The lowest BCUT2D eigenvalue weighted by atomic mass is 9.87. The van der Waals surface area contributed by atoms with E-state index in [-0.39, 0.29) is 17.2 Å². The van der Waals surface area contributed by atoms with Gasteiger partial charge < -0.3 is 15.2 Å². The Bertz CT molecular complexity index is 444. The Hall–Kier alpha value is -0.780. The van der Waals surface area contributed by atoms with Gasteiger partial charge in [-0.2, -0.15) is 0 Å². The zero-order valence-electron chi connectivity index (χ0n) is 15.4. The van der Waals surface area contributed by atoms with Crippen molar-refractivity contribution in [2.45, 2.75) is 72.0 Å². The fourth-order valence-electron chi connectivity index (χ4n) is 2.19. The molecule has 24 heavy (non-hydrogen) atoms. The van der Waals surface area contributed by atoms with E-state index < -0.39 is 6.29 Å². The quantitative estimate of drug-likeness (QED) is 0.375. The lowest BCUT2D eigenvalue weighted by Gasteiger charge is -2.30. The lowest BCUT2D eigenvalue weighted by Crippen LogP contribution is -2.32. The zero-order chi connectivity index (χ0) is 18.2. The van der Waals surface area contributed by atoms with Crippen LogP contribution in [0.3, 0.4) is 0 Å². The average molecular weight is 356 g/mol. The molecule has 0 saturated heterocycles. The molecular formula is C19H33NO3S. The van der Waals surface area contributed by atoms with Crippen LogP contribution < -0.4 is 5.32 Å². The maximum absolute atomic E-state index is 11.7. The molecule has 1 unspecified atom stereocenters. The second kappa shape index (κ2) is 10.3. The molecule has 1 atom stereocenters. The first-order valence-electron chi connectivity index (χ1n) is 8.91. The molecular weight excluding hydrogens is 322 g/mol. The minimum atomic E-state index is -0.773. The van der Waals surface area contributed by atoms with Gasteiger partial charge in [-0.15, -0.1) is 0 Å². The van der Waals surface area contributed by atoms with E-state index in [0.717, 1.165) is 49.9 Å². The van der Waals surface area contributed by atoms with Crippen LogP contribution in [0.25, 0.3) is 0 Å². The van der Waals surface area contributed by atoms with Crippen LogP contribution in [0.2, 0.25) is 0 Å². The standard InChI is InChI=1S/C19H33NO3S/c1-6-7-8-13-23-18(22)19(4,5)12-11-14(2)24-15(3)20-17(21)16-9-10-16/h16,18,22H,2-3,6-13H2,1,4-5H3,(H,20,21). The molecule has 0 radical (unpaired) electrons. The van der Waals surface area contributed by atoms with Gasteiger partial charge in [-0.25, -0.2) is 0 Å². The highest BCUT2D eigenvalue weighted by atomic mass is 32.2. The molecule has 0 bridgehead atoms. The summed E-state index contributed by atoms with van der Waals surface area (Å²) in [6.45, 7) is 14.7. The van der Waals surface area contributed by atoms with Crippen molar-refractivity contribution in [3.05, 3.63) is 23.1 Å². The molecule has 1 saturated carbocycles. The number of carbonyl (C=O) groups excluding carboxylic acids is 1. The average Bonchev–Trinajstić information content (AvgIpc) is 3.34. The molecule has 0 aromatic rings. The van der Waals surface area contributed by atoms with Crippen LogP contribution in [0, 0.1) is 11.3 Å². The minimum absolute atomic E-state index is 0.0662. The van der Waals surface area contributed by atoms with Crippen molar-refractivity contribution < 1.29 is 14.6 Å². The summed E-state index contributed by atoms with van der Waals surface area (Å²) in [5.41, 5.74) is -0.339. The first-order valence-corrected chi connectivity index (χ1v) is 9.73. The summed E-state index contributed by atoms with van der Waals surface area (Å²) in [6.07, 6.45) is 5.93. The monoisotopic (exact) mass is 355 g/mol. The Morgan fingerprint density at radius 2 is 2.04 bits per heavy atom. The highest BCUT2D eigenvalue weighted by Gasteiger charge is 2.30. The summed E-state index contributed by atoms with van der Waals surface area (Å²) in [5.74, 6) is 0.242. The molecule has 0 spiro atoms. The summed E-state index contributed by atoms with van der Waals surface area (Å²) in [6, 6.07) is 0. The van der Waals surface area contributed by atoms with Gasteiger partial charge in [-0.3, -0.25) is 4.79 Å². The number of amides is 1. The first kappa shape index (κ1) is 21.3. The number of rotatable bonds is 13. The van der Waals surface area contributed by atoms with Gasteiger partial charge in [0.1, 0.15) is 0 Å². The number of allylic oxidation sites excluding steroid dienone is 1. The summed E-state index contributed by atoms with van der Waals surface area (Å²) in [5, 5.41) is 13.7. The highest BCUT2D eigenvalue weighted by Crippen LogP contribution is 2.34. The molecule has 1 aliphatic carbocycles. The van der Waals surface area contributed by atoms with Gasteiger partial charge in [0.25, 0.3) is 0 Å². The van der Waals surface area contributed by atoms with Gasteiger partial charge in [-0.1, -0.05) is 58.5 Å². The van der Waals surface area contributed by atoms with E-state index in [1.165, 1.54) is 11.8 Å². The van der Waals surface area contributed by atoms with Gasteiger partial charge >= 0.3 is 0 Å². The largest absolute Gasteiger partial charge is 0.368 e. The van der Waals surface area contributed by atoms with E-state index in [1.54, 1.807) is 0 Å². The molecule has 0 aromatic heterocycles. The Morgan fingerprint density at radius 3 is 2.62 bits per heavy atom. The lowest BCUT2D eigenvalue weighted by molar-refractivity contribution is -0.167. The Kier molecular flexibility index (Phi) is 9.09. The SMILES string of the molecule is C=C(CCC(C)(C)C(O)OCCCCC)SC(=C)NC(=O)C1CC1. The predicted octanol–water partition coefficient (Wildman–Crippen LogP) is 4.56. The van der Waals surface area contributed by atoms with E-state index in [2.05, 4.69) is 25.4 Å². The maximum atomic E-state index is 11.7. The second-order valence-corrected chi connectivity index (χ2v) is 8.52. The molecule has 1 amide bonds. The molecule has 0 aromatic carbocycles. The number of hydrogen-bond acceptors (Lipinski definition) is 4. The van der Waals surface area contributed by atoms with Crippen molar-refractivity contribution in [2.75, 3.05) is 6.61 Å². The molecule has 0 aliphatic heterocycles. The molecule has 2 N–H and O–H groups in total. The summed E-state index contributed by atoms with van der Waals surface area (Å²) in [7, 11) is 0. The number of ether oxygens (including phenoxy) is 1. The second-order valence-electron chi connectivity index (χ2n) is 7.25. The van der Waals surface area contributed by atoms with Gasteiger partial charge in [-0.05, 0) is 37.0 Å². The number of aliphatic hydroxyl groups is 1. The molecule has 1 rings (SSSR count). The number of hydrogen-bond donors (Lipinski definition) is 2. The first-order chi connectivity index (χ1) is 11.3. The normalized spacial score (nSPS) is 15.8. The minimum Gasteiger partial charge on any atom is -0.368 e. The van der Waals surface area contributed by atoms with Crippen molar-refractivity contribution >= 4 is 17.7 Å². The Balaban J connectivity index is 2.24. The topological polar surface area (TPSA) is 58.6 Å². The third-order valence-corrected chi connectivity index (χ3v) is 5.06. The van der Waals surface area contributed by atoms with Gasteiger partial charge in [0.15, 0.2) is 6.29 Å². The predicted molar refractivity (Wildman–Crippen MR) is 101 cm³/mol. The van der Waals surface area contributed by atoms with Crippen molar-refractivity contribution in [1.29, 1.82) is 0 Å². The van der Waals surface area contributed by atoms with E-state index in [0.29, 0.717) is 11.6 Å². The number of unbranched alkanes of at least 4 members (excludes halogenated alkanes) is 2. The van der Waals surface area contributed by atoms with Gasteiger partial charge in [0, 0.05) is 17.9 Å². The van der Waals surface area contributed by atoms with Crippen molar-refractivity contribution in [2.24, 2.45) is 11.3 Å². The molecule has 1 fully saturated rings. The molecule has 138 valence electrons. The molecule has 0 heterocycles. The number of thioether (sulfide) groups is 1. The summed E-state index contributed by atoms with van der Waals surface area (Å²) in [4.78, 5) is 12.6. The van der Waals surface area contributed by atoms with E-state index in [9.17, 15) is 9.90 Å². The maximum Gasteiger partial charge on any atom is 0.227 e. The zero-order valence-corrected chi connectivity index (χ0v) is 16.2. The number of aliphatic hydroxyl groups excluding tert-OH is 1. The molecule has 5 heteroatoms. The van der Waals surface area contributed by atoms with Gasteiger partial charge in [0.05, 0.1) is 5.03 Å². The third kappa shape index (κ3) is 8.36. The van der Waals surface area contributed by atoms with Crippen molar-refractivity contribution in [3.8, 4) is 0 Å². The smallest absolute Gasteiger partial charge is 0.227 e.